The first-order valence-corrected chi connectivity index (χ1v) is 7.96. The molecule has 3 N–H and O–H groups in total. The number of pyridine rings is 1. The van der Waals surface area contributed by atoms with E-state index in [4.69, 9.17) is 9.47 Å². The van der Waals surface area contributed by atoms with Crippen LogP contribution in [0.1, 0.15) is 23.5 Å². The Labute approximate surface area is 144 Å². The van der Waals surface area contributed by atoms with Crippen LogP contribution in [0.4, 0.5) is 0 Å². The van der Waals surface area contributed by atoms with E-state index in [1.54, 1.807) is 6.92 Å². The molecule has 4 atom stereocenters. The second-order valence-corrected chi connectivity index (χ2v) is 6.11. The third-order valence-electron chi connectivity index (χ3n) is 4.62. The fraction of sp³-hybridized carbons (Fsp3) is 0.467. The van der Waals surface area contributed by atoms with Gasteiger partial charge in [-0.05, 0) is 13.0 Å². The highest BCUT2D eigenvalue weighted by Gasteiger charge is 2.47. The van der Waals surface area contributed by atoms with Gasteiger partial charge in [-0.15, -0.1) is 0 Å². The number of hydrogen-bond acceptors (Lipinski definition) is 8. The molecular formula is C15H15N3O8. The molecule has 0 spiro atoms. The zero-order valence-corrected chi connectivity index (χ0v) is 13.5. The number of hydrogen-bond donors (Lipinski definition) is 3. The maximum absolute atomic E-state index is 12.8. The van der Waals surface area contributed by atoms with Gasteiger partial charge in [-0.25, -0.2) is 14.2 Å². The number of fused-ring (bicyclic) bond motifs is 3. The van der Waals surface area contributed by atoms with E-state index < -0.39 is 47.3 Å². The van der Waals surface area contributed by atoms with Gasteiger partial charge in [0.15, 0.2) is 6.23 Å². The lowest BCUT2D eigenvalue weighted by atomic mass is 10.1. The summed E-state index contributed by atoms with van der Waals surface area (Å²) in [6, 6.07) is 1.06. The Bertz CT molecular complexity index is 1100. The van der Waals surface area contributed by atoms with Crippen molar-refractivity contribution >= 4 is 17.0 Å². The molecule has 4 heterocycles. The monoisotopic (exact) mass is 365 g/mol. The van der Waals surface area contributed by atoms with Crippen LogP contribution in [-0.2, 0) is 16.0 Å². The molecule has 4 rings (SSSR count). The van der Waals surface area contributed by atoms with E-state index in [1.807, 2.05) is 0 Å². The number of H-pyrrole nitrogens is 1. The molecule has 0 radical (unpaired) electrons. The van der Waals surface area contributed by atoms with Gasteiger partial charge in [-0.1, -0.05) is 0 Å². The third-order valence-corrected chi connectivity index (χ3v) is 4.62. The maximum Gasteiger partial charge on any atom is 0.343 e. The molecule has 2 bridgehead atoms. The Morgan fingerprint density at radius 3 is 2.77 bits per heavy atom. The van der Waals surface area contributed by atoms with Crippen LogP contribution in [0.3, 0.4) is 0 Å². The molecule has 1 saturated heterocycles. The summed E-state index contributed by atoms with van der Waals surface area (Å²) in [5.74, 6) is -0.906. The van der Waals surface area contributed by atoms with Gasteiger partial charge in [0.1, 0.15) is 29.5 Å². The Morgan fingerprint density at radius 1 is 1.35 bits per heavy atom. The first-order chi connectivity index (χ1) is 12.3. The summed E-state index contributed by atoms with van der Waals surface area (Å²) < 4.78 is 12.3. The van der Waals surface area contributed by atoms with Crippen LogP contribution in [0.25, 0.3) is 11.0 Å². The standard InChI is InChI=1S/C15H15N3O8/c1-2-25-14(23)6-3-5-10(21)16-15(24)18-11(5)17(12(6)22)4-7-8(19)9(20)13(18)26-7/h3,7-9,13,19-20H,2,4H2,1H3,(H,16,21,24)/t7-,8+,9?,13-/m1/s1. The minimum absolute atomic E-state index is 0.0326. The number of carbonyl (C=O) groups excluding carboxylic acids is 1. The SMILES string of the molecule is CCOC(=O)c1cc2c(=O)[nH]c(=O)n3c2n(c1=O)C[C@H]1O[C@@H]3C(O)[C@H]1O. The molecule has 11 nitrogen and oxygen atoms in total. The van der Waals surface area contributed by atoms with Crippen molar-refractivity contribution in [1.82, 2.24) is 14.1 Å². The molecule has 1 unspecified atom stereocenters. The first kappa shape index (κ1) is 16.7. The Kier molecular flexibility index (Phi) is 3.61. The number of ether oxygens (including phenoxy) is 2. The number of nitrogens with zero attached hydrogens (tertiary/aromatic N) is 2. The van der Waals surface area contributed by atoms with E-state index in [-0.39, 0.29) is 29.7 Å². The predicted octanol–water partition coefficient (Wildman–Crippen LogP) is -2.34. The fourth-order valence-corrected chi connectivity index (χ4v) is 3.44. The largest absolute Gasteiger partial charge is 0.462 e. The van der Waals surface area contributed by atoms with Crippen LogP contribution in [0.15, 0.2) is 20.4 Å². The molecule has 2 aromatic rings. The smallest absolute Gasteiger partial charge is 0.343 e. The lowest BCUT2D eigenvalue weighted by molar-refractivity contribution is -0.0352. The van der Waals surface area contributed by atoms with Crippen molar-refractivity contribution in [3.63, 3.8) is 0 Å². The number of aromatic amines is 1. The Balaban J connectivity index is 2.13. The van der Waals surface area contributed by atoms with Gasteiger partial charge in [0.2, 0.25) is 0 Å². The molecule has 0 aliphatic carbocycles. The normalized spacial score (nSPS) is 26.7. The second-order valence-electron chi connectivity index (χ2n) is 6.11. The zero-order valence-electron chi connectivity index (χ0n) is 13.5. The molecule has 0 aromatic carbocycles. The van der Waals surface area contributed by atoms with E-state index >= 15 is 0 Å². The lowest BCUT2D eigenvalue weighted by Crippen LogP contribution is -2.44. The Morgan fingerprint density at radius 2 is 2.08 bits per heavy atom. The number of nitrogens with one attached hydrogen (secondary N) is 1. The van der Waals surface area contributed by atoms with Crippen molar-refractivity contribution in [2.75, 3.05) is 6.61 Å². The van der Waals surface area contributed by atoms with Gasteiger partial charge in [-0.2, -0.15) is 0 Å². The van der Waals surface area contributed by atoms with Gasteiger partial charge >= 0.3 is 11.7 Å². The van der Waals surface area contributed by atoms with Crippen molar-refractivity contribution in [3.05, 3.63) is 42.8 Å². The number of aromatic nitrogens is 3. The number of aliphatic hydroxyl groups is 2. The first-order valence-electron chi connectivity index (χ1n) is 7.96. The highest BCUT2D eigenvalue weighted by atomic mass is 16.6. The second kappa shape index (κ2) is 5.62. The van der Waals surface area contributed by atoms with Gasteiger partial charge in [0.05, 0.1) is 18.5 Å². The summed E-state index contributed by atoms with van der Waals surface area (Å²) in [6.07, 6.45) is -5.04. The summed E-state index contributed by atoms with van der Waals surface area (Å²) in [5, 5.41) is 20.2. The molecule has 26 heavy (non-hydrogen) atoms. The number of esters is 1. The molecule has 0 amide bonds. The highest BCUT2D eigenvalue weighted by Crippen LogP contribution is 2.33. The predicted molar refractivity (Wildman–Crippen MR) is 85.0 cm³/mol. The lowest BCUT2D eigenvalue weighted by Gasteiger charge is -2.22. The number of rotatable bonds is 2. The average molecular weight is 365 g/mol. The van der Waals surface area contributed by atoms with Gasteiger partial charge in [-0.3, -0.25) is 19.1 Å². The van der Waals surface area contributed by atoms with Gasteiger partial charge in [0.25, 0.3) is 11.1 Å². The van der Waals surface area contributed by atoms with Crippen molar-refractivity contribution in [2.45, 2.75) is 38.0 Å². The molecule has 2 aromatic heterocycles. The van der Waals surface area contributed by atoms with Crippen LogP contribution < -0.4 is 16.8 Å². The summed E-state index contributed by atoms with van der Waals surface area (Å²) in [5.41, 5.74) is -2.95. The van der Waals surface area contributed by atoms with E-state index in [0.717, 1.165) is 15.2 Å². The van der Waals surface area contributed by atoms with Crippen molar-refractivity contribution < 1.29 is 24.5 Å². The number of aliphatic hydroxyl groups excluding tert-OH is 2. The van der Waals surface area contributed by atoms with Gasteiger partial charge < -0.3 is 19.7 Å². The van der Waals surface area contributed by atoms with E-state index in [1.165, 1.54) is 0 Å². The van der Waals surface area contributed by atoms with Gasteiger partial charge in [0, 0.05) is 0 Å². The summed E-state index contributed by atoms with van der Waals surface area (Å²) in [6.45, 7) is 1.35. The number of carbonyl (C=O) groups is 1. The quantitative estimate of drug-likeness (QED) is 0.501. The van der Waals surface area contributed by atoms with Crippen molar-refractivity contribution in [3.8, 4) is 0 Å². The van der Waals surface area contributed by atoms with E-state index in [2.05, 4.69) is 4.98 Å². The molecule has 2 aliphatic heterocycles. The van der Waals surface area contributed by atoms with Crippen LogP contribution in [0, 0.1) is 0 Å². The van der Waals surface area contributed by atoms with Crippen LogP contribution in [0.5, 0.6) is 0 Å². The van der Waals surface area contributed by atoms with Crippen LogP contribution >= 0.6 is 0 Å². The zero-order chi connectivity index (χ0) is 18.7. The third kappa shape index (κ3) is 2.11. The average Bonchev–Trinajstić information content (AvgIpc) is 2.77. The highest BCUT2D eigenvalue weighted by molar-refractivity contribution is 5.93. The van der Waals surface area contributed by atoms with Crippen LogP contribution in [0.2, 0.25) is 0 Å². The van der Waals surface area contributed by atoms with Crippen LogP contribution in [-0.4, -0.2) is 55.2 Å². The topological polar surface area (TPSA) is 153 Å². The molecule has 1 fully saturated rings. The van der Waals surface area contributed by atoms with Crippen molar-refractivity contribution in [1.29, 1.82) is 0 Å². The molecule has 2 aliphatic rings. The molecule has 138 valence electrons. The minimum Gasteiger partial charge on any atom is -0.462 e. The van der Waals surface area contributed by atoms with E-state index in [9.17, 15) is 29.4 Å². The molecule has 11 heteroatoms. The fourth-order valence-electron chi connectivity index (χ4n) is 3.44. The van der Waals surface area contributed by atoms with Crippen molar-refractivity contribution in [2.24, 2.45) is 0 Å². The minimum atomic E-state index is -1.42. The molecule has 0 saturated carbocycles. The summed E-state index contributed by atoms with van der Waals surface area (Å²) in [4.78, 5) is 51.5. The maximum atomic E-state index is 12.8. The summed E-state index contributed by atoms with van der Waals surface area (Å²) >= 11 is 0. The molecular weight excluding hydrogens is 350 g/mol. The van der Waals surface area contributed by atoms with E-state index in [0.29, 0.717) is 0 Å². The summed E-state index contributed by atoms with van der Waals surface area (Å²) in [7, 11) is 0. The Hall–Kier alpha value is -2.76.